The molecule has 5 heterocycles. The number of aryl methyl sites for hydroxylation is 2. The predicted octanol–water partition coefficient (Wildman–Crippen LogP) is 2.78. The van der Waals surface area contributed by atoms with E-state index >= 15 is 0 Å². The number of amides is 1. The fourth-order valence-corrected chi connectivity index (χ4v) is 4.25. The van der Waals surface area contributed by atoms with Gasteiger partial charge in [-0.2, -0.15) is 5.10 Å². The quantitative estimate of drug-likeness (QED) is 0.719. The second kappa shape index (κ2) is 6.81. The van der Waals surface area contributed by atoms with E-state index in [4.69, 9.17) is 14.1 Å². The molecule has 8 heteroatoms. The van der Waals surface area contributed by atoms with E-state index in [2.05, 4.69) is 15.2 Å². The number of likely N-dealkylation sites (tertiary alicyclic amines) is 1. The summed E-state index contributed by atoms with van der Waals surface area (Å²) < 4.78 is 11.8. The Labute approximate surface area is 168 Å². The number of ether oxygens (including phenoxy) is 1. The van der Waals surface area contributed by atoms with E-state index in [-0.39, 0.29) is 5.91 Å². The first-order chi connectivity index (χ1) is 14.0. The van der Waals surface area contributed by atoms with Crippen LogP contribution in [-0.4, -0.2) is 50.7 Å². The Morgan fingerprint density at radius 3 is 2.83 bits per heavy atom. The number of carbonyl (C=O) groups is 1. The molecule has 29 heavy (non-hydrogen) atoms. The average molecular weight is 393 g/mol. The lowest BCUT2D eigenvalue weighted by Crippen LogP contribution is -2.49. The first-order valence-electron chi connectivity index (χ1n) is 9.92. The van der Waals surface area contributed by atoms with Crippen molar-refractivity contribution < 1.29 is 13.9 Å². The van der Waals surface area contributed by atoms with E-state index in [0.717, 1.165) is 42.1 Å². The zero-order chi connectivity index (χ0) is 20.0. The number of hydrogen-bond acceptors (Lipinski definition) is 6. The van der Waals surface area contributed by atoms with Crippen molar-refractivity contribution >= 4 is 5.91 Å². The van der Waals surface area contributed by atoms with Gasteiger partial charge < -0.3 is 14.1 Å². The van der Waals surface area contributed by atoms with Crippen LogP contribution < -0.4 is 0 Å². The normalized spacial score (nSPS) is 18.1. The van der Waals surface area contributed by atoms with Crippen molar-refractivity contribution in [1.82, 2.24) is 25.1 Å². The lowest BCUT2D eigenvalue weighted by atomic mass is 9.83. The number of carbonyl (C=O) groups excluding carboxylic acids is 1. The Morgan fingerprint density at radius 1 is 1.24 bits per heavy atom. The molecule has 1 fully saturated rings. The second-order valence-corrected chi connectivity index (χ2v) is 7.75. The van der Waals surface area contributed by atoms with Gasteiger partial charge in [0.2, 0.25) is 0 Å². The van der Waals surface area contributed by atoms with Crippen LogP contribution in [0.5, 0.6) is 0 Å². The number of fused-ring (bicyclic) bond motifs is 2. The minimum absolute atomic E-state index is 0.0828. The van der Waals surface area contributed by atoms with Crippen LogP contribution in [0.15, 0.2) is 28.8 Å². The summed E-state index contributed by atoms with van der Waals surface area (Å²) in [5.74, 6) is 2.16. The van der Waals surface area contributed by atoms with Crippen molar-refractivity contribution in [3.05, 3.63) is 52.9 Å². The Kier molecular flexibility index (Phi) is 4.24. The molecule has 1 saturated heterocycles. The number of nitrogens with zero attached hydrogens (tertiary/aromatic N) is 4. The van der Waals surface area contributed by atoms with Crippen molar-refractivity contribution in [3.63, 3.8) is 0 Å². The standard InChI is InChI=1S/C21H23N5O3/c1-13-3-4-18(29-13)16-11-17(25-24-16)20(27)26-8-6-21(7-9-26)19-15(5-10-28-21)12-22-14(2)23-19/h3-4,11-12H,5-10H2,1-2H3,(H,24,25). The van der Waals surface area contributed by atoms with Gasteiger partial charge >= 0.3 is 0 Å². The van der Waals surface area contributed by atoms with E-state index in [9.17, 15) is 4.79 Å². The van der Waals surface area contributed by atoms with Gasteiger partial charge in [-0.15, -0.1) is 0 Å². The van der Waals surface area contributed by atoms with Crippen molar-refractivity contribution in [2.45, 2.75) is 38.7 Å². The highest BCUT2D eigenvalue weighted by Gasteiger charge is 2.43. The monoisotopic (exact) mass is 393 g/mol. The first-order valence-corrected chi connectivity index (χ1v) is 9.92. The zero-order valence-corrected chi connectivity index (χ0v) is 16.6. The predicted molar refractivity (Wildman–Crippen MR) is 104 cm³/mol. The van der Waals surface area contributed by atoms with Crippen molar-refractivity contribution in [1.29, 1.82) is 0 Å². The van der Waals surface area contributed by atoms with Gasteiger partial charge in [0, 0.05) is 25.4 Å². The Balaban J connectivity index is 1.32. The molecule has 0 aliphatic carbocycles. The van der Waals surface area contributed by atoms with Crippen LogP contribution in [0.2, 0.25) is 0 Å². The molecule has 0 aromatic carbocycles. The number of hydrogen-bond donors (Lipinski definition) is 1. The third-order valence-corrected chi connectivity index (χ3v) is 5.83. The lowest BCUT2D eigenvalue weighted by molar-refractivity contribution is -0.0969. The van der Waals surface area contributed by atoms with Crippen molar-refractivity contribution in [2.24, 2.45) is 0 Å². The fraction of sp³-hybridized carbons (Fsp3) is 0.429. The largest absolute Gasteiger partial charge is 0.460 e. The molecule has 3 aromatic rings. The summed E-state index contributed by atoms with van der Waals surface area (Å²) in [6.07, 6.45) is 4.19. The minimum Gasteiger partial charge on any atom is -0.460 e. The molecule has 1 spiro atoms. The van der Waals surface area contributed by atoms with Crippen LogP contribution >= 0.6 is 0 Å². The summed E-state index contributed by atoms with van der Waals surface area (Å²) >= 11 is 0. The molecular formula is C21H23N5O3. The molecule has 5 rings (SSSR count). The van der Waals surface area contributed by atoms with Gasteiger partial charge in [-0.3, -0.25) is 9.89 Å². The highest BCUT2D eigenvalue weighted by molar-refractivity contribution is 5.93. The second-order valence-electron chi connectivity index (χ2n) is 7.75. The van der Waals surface area contributed by atoms with Crippen molar-refractivity contribution in [3.8, 4) is 11.5 Å². The SMILES string of the molecule is Cc1ncc2c(n1)C1(CCN(C(=O)c3cc(-c4ccc(C)o4)[nH]n3)CC1)OCC2. The maximum atomic E-state index is 13.0. The van der Waals surface area contributed by atoms with Crippen LogP contribution in [0.3, 0.4) is 0 Å². The summed E-state index contributed by atoms with van der Waals surface area (Å²) in [4.78, 5) is 23.8. The highest BCUT2D eigenvalue weighted by atomic mass is 16.5. The highest BCUT2D eigenvalue weighted by Crippen LogP contribution is 2.40. The van der Waals surface area contributed by atoms with Gasteiger partial charge in [0.15, 0.2) is 11.5 Å². The first kappa shape index (κ1) is 18.1. The summed E-state index contributed by atoms with van der Waals surface area (Å²) in [6.45, 7) is 5.65. The summed E-state index contributed by atoms with van der Waals surface area (Å²) in [5, 5.41) is 7.10. The van der Waals surface area contributed by atoms with Crippen molar-refractivity contribution in [2.75, 3.05) is 19.7 Å². The van der Waals surface area contributed by atoms with E-state index in [1.165, 1.54) is 0 Å². The summed E-state index contributed by atoms with van der Waals surface area (Å²) in [5.41, 5.74) is 2.84. The van der Waals surface area contributed by atoms with E-state index in [0.29, 0.717) is 36.8 Å². The molecule has 0 radical (unpaired) electrons. The van der Waals surface area contributed by atoms with Gasteiger partial charge in [0.1, 0.15) is 22.9 Å². The Morgan fingerprint density at radius 2 is 2.07 bits per heavy atom. The molecule has 0 atom stereocenters. The number of aromatic nitrogens is 4. The fourth-order valence-electron chi connectivity index (χ4n) is 4.25. The van der Waals surface area contributed by atoms with E-state index in [1.807, 2.05) is 37.1 Å². The van der Waals surface area contributed by atoms with E-state index in [1.54, 1.807) is 6.07 Å². The van der Waals surface area contributed by atoms with Crippen LogP contribution in [0.25, 0.3) is 11.5 Å². The summed E-state index contributed by atoms with van der Waals surface area (Å²) in [6, 6.07) is 5.49. The molecule has 1 amide bonds. The van der Waals surface area contributed by atoms with E-state index < -0.39 is 5.60 Å². The molecule has 0 unspecified atom stereocenters. The molecular weight excluding hydrogens is 370 g/mol. The van der Waals surface area contributed by atoms with Gasteiger partial charge in [-0.05, 0) is 50.8 Å². The van der Waals surface area contributed by atoms with Crippen LogP contribution in [0.4, 0.5) is 0 Å². The Bertz CT molecular complexity index is 1060. The molecule has 150 valence electrons. The smallest absolute Gasteiger partial charge is 0.274 e. The summed E-state index contributed by atoms with van der Waals surface area (Å²) in [7, 11) is 0. The Hall–Kier alpha value is -3.00. The molecule has 3 aromatic heterocycles. The molecule has 2 aliphatic rings. The average Bonchev–Trinajstić information content (AvgIpc) is 3.38. The van der Waals surface area contributed by atoms with Crippen LogP contribution in [0.1, 0.15) is 46.2 Å². The molecule has 8 nitrogen and oxygen atoms in total. The molecule has 0 saturated carbocycles. The number of piperidine rings is 1. The van der Waals surface area contributed by atoms with Gasteiger partial charge in [-0.1, -0.05) is 0 Å². The topological polar surface area (TPSA) is 97.1 Å². The van der Waals surface area contributed by atoms with Crippen LogP contribution in [0, 0.1) is 13.8 Å². The number of H-pyrrole nitrogens is 1. The minimum atomic E-state index is -0.416. The number of nitrogens with one attached hydrogen (secondary N) is 1. The van der Waals surface area contributed by atoms with Gasteiger partial charge in [0.05, 0.1) is 12.3 Å². The number of furan rings is 1. The van der Waals surface area contributed by atoms with Gasteiger partial charge in [0.25, 0.3) is 5.91 Å². The third-order valence-electron chi connectivity index (χ3n) is 5.83. The number of aromatic amines is 1. The number of rotatable bonds is 2. The maximum absolute atomic E-state index is 13.0. The maximum Gasteiger partial charge on any atom is 0.274 e. The zero-order valence-electron chi connectivity index (χ0n) is 16.6. The van der Waals surface area contributed by atoms with Gasteiger partial charge in [-0.25, -0.2) is 9.97 Å². The molecule has 1 N–H and O–H groups in total. The molecule has 0 bridgehead atoms. The lowest BCUT2D eigenvalue weighted by Gasteiger charge is -2.43. The third kappa shape index (κ3) is 3.13. The van der Waals surface area contributed by atoms with Crippen LogP contribution in [-0.2, 0) is 16.8 Å². The molecule has 2 aliphatic heterocycles.